The molecule has 1 aromatic carbocycles. The molecule has 0 spiro atoms. The molecule has 0 unspecified atom stereocenters. The van der Waals surface area contributed by atoms with Crippen LogP contribution in [-0.2, 0) is 6.18 Å². The Morgan fingerprint density at radius 3 is 2.62 bits per heavy atom. The van der Waals surface area contributed by atoms with Gasteiger partial charge in [0.15, 0.2) is 0 Å². The number of nitrogens with zero attached hydrogens (tertiary/aromatic N) is 1. The number of halogens is 5. The Bertz CT molecular complexity index is 739. The minimum absolute atomic E-state index is 0.0196. The molecule has 1 amide bonds. The zero-order chi connectivity index (χ0) is 17.7. The van der Waals surface area contributed by atoms with E-state index in [1.807, 2.05) is 0 Å². The normalized spacial score (nSPS) is 11.2. The number of benzene rings is 1. The Labute approximate surface area is 145 Å². The quantitative estimate of drug-likeness (QED) is 0.792. The van der Waals surface area contributed by atoms with Crippen LogP contribution in [0.5, 0.6) is 5.88 Å². The summed E-state index contributed by atoms with van der Waals surface area (Å²) in [4.78, 5) is 15.8. The van der Waals surface area contributed by atoms with Gasteiger partial charge in [0.25, 0.3) is 5.91 Å². The highest BCUT2D eigenvalue weighted by molar-refractivity contribution is 6.35. The SMILES string of the molecule is O=C(NCCOc1ncc(Cl)cc1Cl)c1ccccc1C(F)(F)F. The predicted molar refractivity (Wildman–Crippen MR) is 83.5 cm³/mol. The summed E-state index contributed by atoms with van der Waals surface area (Å²) in [5, 5.41) is 2.88. The molecule has 9 heteroatoms. The highest BCUT2D eigenvalue weighted by Crippen LogP contribution is 2.31. The fourth-order valence-corrected chi connectivity index (χ4v) is 2.28. The van der Waals surface area contributed by atoms with Crippen molar-refractivity contribution in [3.63, 3.8) is 0 Å². The van der Waals surface area contributed by atoms with Crippen molar-refractivity contribution in [3.8, 4) is 5.88 Å². The van der Waals surface area contributed by atoms with Crippen LogP contribution >= 0.6 is 23.2 Å². The molecule has 0 fully saturated rings. The van der Waals surface area contributed by atoms with Gasteiger partial charge < -0.3 is 10.1 Å². The smallest absolute Gasteiger partial charge is 0.417 e. The zero-order valence-electron chi connectivity index (χ0n) is 12.0. The number of carbonyl (C=O) groups excluding carboxylic acids is 1. The predicted octanol–water partition coefficient (Wildman–Crippen LogP) is 4.22. The van der Waals surface area contributed by atoms with E-state index in [1.165, 1.54) is 24.4 Å². The molecule has 24 heavy (non-hydrogen) atoms. The first-order valence-corrected chi connectivity index (χ1v) is 7.43. The number of nitrogens with one attached hydrogen (secondary N) is 1. The molecule has 0 atom stereocenters. The van der Waals surface area contributed by atoms with Crippen molar-refractivity contribution in [1.82, 2.24) is 10.3 Å². The Morgan fingerprint density at radius 2 is 1.96 bits per heavy atom. The number of alkyl halides is 3. The average molecular weight is 379 g/mol. The van der Waals surface area contributed by atoms with Crippen LogP contribution in [0.1, 0.15) is 15.9 Å². The second-order valence-corrected chi connectivity index (χ2v) is 5.43. The van der Waals surface area contributed by atoms with Crippen LogP contribution in [-0.4, -0.2) is 24.0 Å². The molecule has 2 rings (SSSR count). The van der Waals surface area contributed by atoms with E-state index in [2.05, 4.69) is 10.3 Å². The van der Waals surface area contributed by atoms with Crippen LogP contribution < -0.4 is 10.1 Å². The summed E-state index contributed by atoms with van der Waals surface area (Å²) in [5.41, 5.74) is -1.45. The van der Waals surface area contributed by atoms with Gasteiger partial charge in [0.1, 0.15) is 11.6 Å². The molecule has 0 aliphatic rings. The molecule has 0 saturated heterocycles. The molecule has 128 valence electrons. The molecule has 0 radical (unpaired) electrons. The molecular weight excluding hydrogens is 368 g/mol. The van der Waals surface area contributed by atoms with Gasteiger partial charge in [-0.1, -0.05) is 35.3 Å². The van der Waals surface area contributed by atoms with Crippen LogP contribution in [0.3, 0.4) is 0 Å². The molecule has 0 bridgehead atoms. The first-order chi connectivity index (χ1) is 11.3. The number of hydrogen-bond acceptors (Lipinski definition) is 3. The van der Waals surface area contributed by atoms with Gasteiger partial charge in [0, 0.05) is 6.20 Å². The van der Waals surface area contributed by atoms with E-state index in [9.17, 15) is 18.0 Å². The summed E-state index contributed by atoms with van der Waals surface area (Å²) in [6.07, 6.45) is -3.27. The van der Waals surface area contributed by atoms with Gasteiger partial charge in [0.2, 0.25) is 5.88 Å². The van der Waals surface area contributed by atoms with Gasteiger partial charge in [-0.2, -0.15) is 13.2 Å². The van der Waals surface area contributed by atoms with Crippen molar-refractivity contribution in [3.05, 3.63) is 57.7 Å². The Balaban J connectivity index is 1.92. The van der Waals surface area contributed by atoms with Crippen molar-refractivity contribution >= 4 is 29.1 Å². The summed E-state index contributed by atoms with van der Waals surface area (Å²) in [6.45, 7) is -0.0417. The molecule has 0 saturated carbocycles. The minimum atomic E-state index is -4.61. The van der Waals surface area contributed by atoms with E-state index in [1.54, 1.807) is 0 Å². The van der Waals surface area contributed by atoms with Gasteiger partial charge in [0.05, 0.1) is 22.7 Å². The first-order valence-electron chi connectivity index (χ1n) is 6.67. The monoisotopic (exact) mass is 378 g/mol. The third-order valence-corrected chi connectivity index (χ3v) is 3.36. The third kappa shape index (κ3) is 4.75. The lowest BCUT2D eigenvalue weighted by molar-refractivity contribution is -0.137. The van der Waals surface area contributed by atoms with Gasteiger partial charge >= 0.3 is 6.18 Å². The molecule has 4 nitrogen and oxygen atoms in total. The van der Waals surface area contributed by atoms with E-state index >= 15 is 0 Å². The highest BCUT2D eigenvalue weighted by atomic mass is 35.5. The zero-order valence-corrected chi connectivity index (χ0v) is 13.5. The standard InChI is InChI=1S/C15H11Cl2F3N2O2/c16-9-7-12(17)14(22-8-9)24-6-5-21-13(23)10-3-1-2-4-11(10)15(18,19)20/h1-4,7-8H,5-6H2,(H,21,23). The Hall–Kier alpha value is -1.99. The van der Waals surface area contributed by atoms with Crippen LogP contribution in [0.25, 0.3) is 0 Å². The second-order valence-electron chi connectivity index (χ2n) is 4.59. The van der Waals surface area contributed by atoms with E-state index in [0.717, 1.165) is 12.1 Å². The number of hydrogen-bond donors (Lipinski definition) is 1. The number of aromatic nitrogens is 1. The Kier molecular flexibility index (Phi) is 5.90. The van der Waals surface area contributed by atoms with Gasteiger partial charge in [-0.15, -0.1) is 0 Å². The average Bonchev–Trinajstić information content (AvgIpc) is 2.52. The fraction of sp³-hybridized carbons (Fsp3) is 0.200. The number of rotatable bonds is 5. The molecule has 0 aliphatic carbocycles. The van der Waals surface area contributed by atoms with E-state index in [-0.39, 0.29) is 24.1 Å². The fourth-order valence-electron chi connectivity index (χ4n) is 1.84. The molecule has 0 aliphatic heterocycles. The topological polar surface area (TPSA) is 51.2 Å². The molecule has 1 heterocycles. The number of amides is 1. The van der Waals surface area contributed by atoms with Crippen molar-refractivity contribution in [2.24, 2.45) is 0 Å². The molecule has 1 aromatic heterocycles. The first kappa shape index (κ1) is 18.4. The van der Waals surface area contributed by atoms with Gasteiger partial charge in [-0.3, -0.25) is 4.79 Å². The number of ether oxygens (including phenoxy) is 1. The lowest BCUT2D eigenvalue weighted by Gasteiger charge is -2.13. The highest BCUT2D eigenvalue weighted by Gasteiger charge is 2.34. The molecule has 2 aromatic rings. The van der Waals surface area contributed by atoms with E-state index < -0.39 is 23.2 Å². The van der Waals surface area contributed by atoms with E-state index in [0.29, 0.717) is 5.02 Å². The largest absolute Gasteiger partial charge is 0.475 e. The van der Waals surface area contributed by atoms with Gasteiger partial charge in [-0.25, -0.2) is 4.98 Å². The minimum Gasteiger partial charge on any atom is -0.475 e. The maximum absolute atomic E-state index is 12.9. The third-order valence-electron chi connectivity index (χ3n) is 2.88. The maximum atomic E-state index is 12.9. The van der Waals surface area contributed by atoms with Crippen molar-refractivity contribution in [2.75, 3.05) is 13.2 Å². The lowest BCUT2D eigenvalue weighted by atomic mass is 10.1. The van der Waals surface area contributed by atoms with Crippen LogP contribution in [0.4, 0.5) is 13.2 Å². The number of pyridine rings is 1. The summed E-state index contributed by atoms with van der Waals surface area (Å²) in [7, 11) is 0. The summed E-state index contributed by atoms with van der Waals surface area (Å²) in [6, 6.07) is 5.97. The number of carbonyl (C=O) groups is 1. The van der Waals surface area contributed by atoms with Crippen LogP contribution in [0.2, 0.25) is 10.0 Å². The molecular formula is C15H11Cl2F3N2O2. The summed E-state index contributed by atoms with van der Waals surface area (Å²) >= 11 is 11.5. The maximum Gasteiger partial charge on any atom is 0.417 e. The van der Waals surface area contributed by atoms with E-state index in [4.69, 9.17) is 27.9 Å². The van der Waals surface area contributed by atoms with Crippen LogP contribution in [0.15, 0.2) is 36.5 Å². The van der Waals surface area contributed by atoms with Crippen LogP contribution in [0, 0.1) is 0 Å². The van der Waals surface area contributed by atoms with Crippen molar-refractivity contribution in [1.29, 1.82) is 0 Å². The Morgan fingerprint density at radius 1 is 1.25 bits per heavy atom. The summed E-state index contributed by atoms with van der Waals surface area (Å²) in [5.74, 6) is -0.729. The molecule has 1 N–H and O–H groups in total. The lowest BCUT2D eigenvalue weighted by Crippen LogP contribution is -2.30. The van der Waals surface area contributed by atoms with Crippen molar-refractivity contribution < 1.29 is 22.7 Å². The summed E-state index contributed by atoms with van der Waals surface area (Å²) < 4.78 is 43.8. The van der Waals surface area contributed by atoms with Gasteiger partial charge in [-0.05, 0) is 18.2 Å². The van der Waals surface area contributed by atoms with Crippen molar-refractivity contribution in [2.45, 2.75) is 6.18 Å². The second kappa shape index (κ2) is 7.72.